The Kier molecular flexibility index (Phi) is 9.24. The molecule has 2 fully saturated rings. The quantitative estimate of drug-likeness (QED) is 0.189. The largest absolute Gasteiger partial charge is 0.492 e. The fraction of sp³-hybridized carbons (Fsp3) is 0.514. The second-order valence-corrected chi connectivity index (χ2v) is 13.7. The van der Waals surface area contributed by atoms with E-state index in [0.29, 0.717) is 17.4 Å². The first-order chi connectivity index (χ1) is 21.2. The van der Waals surface area contributed by atoms with Crippen molar-refractivity contribution in [2.75, 3.05) is 39.4 Å². The second kappa shape index (κ2) is 13.1. The molecule has 2 aliphatic heterocycles. The van der Waals surface area contributed by atoms with Gasteiger partial charge in [-0.1, -0.05) is 24.1 Å². The number of hydrogen-bond donors (Lipinski definition) is 2. The van der Waals surface area contributed by atoms with Crippen molar-refractivity contribution in [2.45, 2.75) is 77.5 Å². The monoisotopic (exact) mass is 620 g/mol. The molecule has 2 N–H and O–H groups in total. The van der Waals surface area contributed by atoms with Gasteiger partial charge in [0.2, 0.25) is 0 Å². The predicted octanol–water partition coefficient (Wildman–Crippen LogP) is 7.44. The van der Waals surface area contributed by atoms with Crippen molar-refractivity contribution < 1.29 is 19.4 Å². The molecule has 2 saturated heterocycles. The van der Waals surface area contributed by atoms with Crippen LogP contribution in [0, 0.1) is 0 Å². The van der Waals surface area contributed by atoms with Crippen molar-refractivity contribution in [3.05, 3.63) is 53.3 Å². The maximum absolute atomic E-state index is 13.8. The van der Waals surface area contributed by atoms with E-state index >= 15 is 0 Å². The van der Waals surface area contributed by atoms with Crippen LogP contribution in [-0.4, -0.2) is 81.6 Å². The molecule has 0 aliphatic carbocycles. The van der Waals surface area contributed by atoms with Crippen molar-refractivity contribution >= 4 is 39.4 Å². The summed E-state index contributed by atoms with van der Waals surface area (Å²) in [6, 6.07) is 10.7. The lowest BCUT2D eigenvalue weighted by atomic mass is 10.0. The molecule has 6 rings (SSSR count). The van der Waals surface area contributed by atoms with Crippen molar-refractivity contribution in [3.8, 4) is 17.0 Å². The van der Waals surface area contributed by atoms with Gasteiger partial charge in [0, 0.05) is 53.2 Å². The van der Waals surface area contributed by atoms with Crippen LogP contribution >= 0.6 is 11.6 Å². The van der Waals surface area contributed by atoms with Gasteiger partial charge in [-0.15, -0.1) is 0 Å². The molecule has 0 amide bonds. The number of nitrogens with zero attached hydrogens (tertiary/aromatic N) is 3. The summed E-state index contributed by atoms with van der Waals surface area (Å²) >= 11 is 6.88. The van der Waals surface area contributed by atoms with Crippen LogP contribution in [0.1, 0.15) is 64.9 Å². The summed E-state index contributed by atoms with van der Waals surface area (Å²) in [5.41, 5.74) is 2.97. The van der Waals surface area contributed by atoms with Crippen LogP contribution in [0.4, 0.5) is 4.79 Å². The summed E-state index contributed by atoms with van der Waals surface area (Å²) in [6.07, 6.45) is 10.2. The third-order valence-corrected chi connectivity index (χ3v) is 9.28. The van der Waals surface area contributed by atoms with Gasteiger partial charge >= 0.3 is 6.09 Å². The molecule has 8 nitrogen and oxygen atoms in total. The van der Waals surface area contributed by atoms with Crippen LogP contribution in [-0.2, 0) is 11.3 Å². The fourth-order valence-corrected chi connectivity index (χ4v) is 7.04. The number of rotatable bonds is 9. The topological polar surface area (TPSA) is 83.0 Å². The summed E-state index contributed by atoms with van der Waals surface area (Å²) in [7, 11) is 0. The molecule has 4 aromatic rings. The number of aromatic amines is 1. The van der Waals surface area contributed by atoms with E-state index in [4.69, 9.17) is 21.1 Å². The van der Waals surface area contributed by atoms with Crippen molar-refractivity contribution in [1.82, 2.24) is 19.4 Å². The second-order valence-electron chi connectivity index (χ2n) is 13.3. The Morgan fingerprint density at radius 2 is 1.84 bits per heavy atom. The van der Waals surface area contributed by atoms with Gasteiger partial charge in [0.15, 0.2) is 0 Å². The minimum atomic E-state index is -0.652. The normalized spacial score (nSPS) is 18.4. The number of benzene rings is 2. The minimum Gasteiger partial charge on any atom is -0.492 e. The van der Waals surface area contributed by atoms with Gasteiger partial charge in [0.05, 0.1) is 29.4 Å². The molecular weight excluding hydrogens is 576 g/mol. The molecule has 0 unspecified atom stereocenters. The van der Waals surface area contributed by atoms with Gasteiger partial charge < -0.3 is 19.6 Å². The Morgan fingerprint density at radius 3 is 2.61 bits per heavy atom. The number of halogens is 1. The minimum absolute atomic E-state index is 0.200. The van der Waals surface area contributed by atoms with Crippen LogP contribution in [0.5, 0.6) is 5.75 Å². The average molecular weight is 621 g/mol. The number of carbonyl (C=O) groups excluding carboxylic acids is 1. The van der Waals surface area contributed by atoms with Gasteiger partial charge in [-0.05, 0) is 102 Å². The summed E-state index contributed by atoms with van der Waals surface area (Å²) in [5, 5.41) is 12.9. The number of piperidine rings is 1. The maximum Gasteiger partial charge on any atom is 0.419 e. The number of aromatic nitrogens is 2. The molecule has 2 aromatic carbocycles. The van der Waals surface area contributed by atoms with E-state index in [1.807, 2.05) is 45.3 Å². The smallest absolute Gasteiger partial charge is 0.419 e. The highest BCUT2D eigenvalue weighted by atomic mass is 35.5. The van der Waals surface area contributed by atoms with E-state index in [-0.39, 0.29) is 12.6 Å². The van der Waals surface area contributed by atoms with E-state index in [9.17, 15) is 9.90 Å². The summed E-state index contributed by atoms with van der Waals surface area (Å²) in [6.45, 7) is 11.4. The third kappa shape index (κ3) is 6.64. The van der Waals surface area contributed by atoms with Gasteiger partial charge in [-0.2, -0.15) is 0 Å². The van der Waals surface area contributed by atoms with Crippen molar-refractivity contribution in [3.63, 3.8) is 0 Å². The lowest BCUT2D eigenvalue weighted by Gasteiger charge is -2.26. The number of likely N-dealkylation sites (tertiary alicyclic amines) is 2. The molecular formula is C35H45ClN4O4. The van der Waals surface area contributed by atoms with E-state index in [1.165, 1.54) is 24.8 Å². The average Bonchev–Trinajstić information content (AvgIpc) is 3.74. The van der Waals surface area contributed by atoms with Crippen molar-refractivity contribution in [2.24, 2.45) is 0 Å². The van der Waals surface area contributed by atoms with E-state index in [2.05, 4.69) is 33.0 Å². The maximum atomic E-state index is 13.8. The first-order valence-electron chi connectivity index (χ1n) is 16.1. The van der Waals surface area contributed by atoms with Crippen LogP contribution in [0.15, 0.2) is 42.7 Å². The van der Waals surface area contributed by atoms with Crippen LogP contribution in [0.2, 0.25) is 5.02 Å². The lowest BCUT2D eigenvalue weighted by molar-refractivity contribution is 0.0547. The lowest BCUT2D eigenvalue weighted by Crippen LogP contribution is -2.33. The Hall–Kier alpha value is -3.04. The third-order valence-electron chi connectivity index (χ3n) is 8.89. The molecule has 4 heterocycles. The van der Waals surface area contributed by atoms with Crippen LogP contribution < -0.4 is 4.74 Å². The van der Waals surface area contributed by atoms with E-state index in [0.717, 1.165) is 84.9 Å². The van der Waals surface area contributed by atoms with E-state index in [1.54, 1.807) is 4.57 Å². The Balaban J connectivity index is 1.35. The number of H-pyrrole nitrogens is 1. The summed E-state index contributed by atoms with van der Waals surface area (Å²) < 4.78 is 13.9. The fourth-order valence-electron chi connectivity index (χ4n) is 6.78. The molecule has 0 bridgehead atoms. The number of nitrogens with one attached hydrogen (secondary N) is 1. The molecule has 1 atom stereocenters. The molecule has 9 heteroatoms. The highest BCUT2D eigenvalue weighted by Crippen LogP contribution is 2.42. The van der Waals surface area contributed by atoms with Gasteiger partial charge in [-0.3, -0.25) is 9.80 Å². The highest BCUT2D eigenvalue weighted by molar-refractivity contribution is 6.37. The standard InChI is InChI=1S/C35H45ClN4O4/c1-35(2,3)44-34(42)40-30-11-10-24(22-38-12-5-4-6-13-38)17-25(30)18-31(40)27-19-32(33(36)29-21-37-20-28(27)29)43-16-8-15-39-14-7-9-26(39)23-41/h10-11,17-21,26,37,41H,4-9,12-16,22-23H2,1-3H3/t26-/m0/s1. The summed E-state index contributed by atoms with van der Waals surface area (Å²) in [5.74, 6) is 0.584. The number of hydrogen-bond acceptors (Lipinski definition) is 6. The Bertz CT molecular complexity index is 1610. The van der Waals surface area contributed by atoms with Gasteiger partial charge in [-0.25, -0.2) is 9.36 Å². The molecule has 0 radical (unpaired) electrons. The first kappa shape index (κ1) is 31.0. The zero-order chi connectivity index (χ0) is 30.8. The zero-order valence-electron chi connectivity index (χ0n) is 26.2. The van der Waals surface area contributed by atoms with Crippen molar-refractivity contribution in [1.29, 1.82) is 0 Å². The summed E-state index contributed by atoms with van der Waals surface area (Å²) in [4.78, 5) is 21.8. The molecule has 236 valence electrons. The molecule has 2 aliphatic rings. The predicted molar refractivity (Wildman–Crippen MR) is 177 cm³/mol. The zero-order valence-corrected chi connectivity index (χ0v) is 27.0. The van der Waals surface area contributed by atoms with Crippen LogP contribution in [0.25, 0.3) is 32.9 Å². The van der Waals surface area contributed by atoms with Crippen LogP contribution in [0.3, 0.4) is 0 Å². The first-order valence-corrected chi connectivity index (χ1v) is 16.5. The number of carbonyl (C=O) groups is 1. The molecule has 44 heavy (non-hydrogen) atoms. The molecule has 0 saturated carbocycles. The molecule has 2 aromatic heterocycles. The Labute approximate surface area is 264 Å². The number of aliphatic hydroxyl groups is 1. The van der Waals surface area contributed by atoms with Gasteiger partial charge in [0.1, 0.15) is 11.4 Å². The van der Waals surface area contributed by atoms with Gasteiger partial charge in [0.25, 0.3) is 0 Å². The SMILES string of the molecule is CC(C)(C)OC(=O)n1c(-c2cc(OCCCN3CCC[C@H]3CO)c(Cl)c3c[nH]cc23)cc2cc(CN3CCCCC3)ccc21. The number of aliphatic hydroxyl groups excluding tert-OH is 1. The molecule has 0 spiro atoms. The Morgan fingerprint density at radius 1 is 1.05 bits per heavy atom. The number of fused-ring (bicyclic) bond motifs is 2. The highest BCUT2D eigenvalue weighted by Gasteiger charge is 2.26. The number of ether oxygens (including phenoxy) is 2. The van der Waals surface area contributed by atoms with E-state index < -0.39 is 11.7 Å².